The van der Waals surface area contributed by atoms with E-state index in [1.54, 1.807) is 19.2 Å². The lowest BCUT2D eigenvalue weighted by Gasteiger charge is -2.11. The van der Waals surface area contributed by atoms with Crippen molar-refractivity contribution >= 4 is 5.96 Å². The number of ether oxygens (including phenoxy) is 1. The normalized spacial score (nSPS) is 11.4. The molecule has 0 aliphatic carbocycles. The van der Waals surface area contributed by atoms with Crippen molar-refractivity contribution in [3.63, 3.8) is 0 Å². The second kappa shape index (κ2) is 9.03. The van der Waals surface area contributed by atoms with Gasteiger partial charge in [0.1, 0.15) is 23.1 Å². The predicted molar refractivity (Wildman–Crippen MR) is 106 cm³/mol. The first kappa shape index (κ1) is 19.4. The average molecular weight is 382 g/mol. The molecule has 2 N–H and O–H groups in total. The maximum Gasteiger partial charge on any atom is 0.214 e. The van der Waals surface area contributed by atoms with Gasteiger partial charge in [-0.1, -0.05) is 12.1 Å². The molecule has 1 aromatic heterocycles. The molecule has 2 aromatic carbocycles. The molecule has 1 heterocycles. The number of aryl methyl sites for hydroxylation is 2. The van der Waals surface area contributed by atoms with E-state index in [-0.39, 0.29) is 5.82 Å². The van der Waals surface area contributed by atoms with E-state index in [1.165, 1.54) is 12.1 Å². The van der Waals surface area contributed by atoms with Gasteiger partial charge in [0.2, 0.25) is 5.89 Å². The van der Waals surface area contributed by atoms with Crippen LogP contribution < -0.4 is 15.4 Å². The minimum atomic E-state index is -0.288. The molecule has 0 saturated heterocycles. The van der Waals surface area contributed by atoms with Gasteiger partial charge in [0.15, 0.2) is 5.96 Å². The number of oxazole rings is 1. The fourth-order valence-electron chi connectivity index (χ4n) is 2.49. The van der Waals surface area contributed by atoms with Gasteiger partial charge in [-0.3, -0.25) is 4.99 Å². The number of aliphatic imine (C=N–C) groups is 1. The third-order valence-electron chi connectivity index (χ3n) is 4.14. The quantitative estimate of drug-likeness (QED) is 0.496. The van der Waals surface area contributed by atoms with Crippen molar-refractivity contribution in [1.29, 1.82) is 0 Å². The summed E-state index contributed by atoms with van der Waals surface area (Å²) in [7, 11) is 1.71. The third-order valence-corrected chi connectivity index (χ3v) is 4.14. The van der Waals surface area contributed by atoms with Crippen LogP contribution in [0.15, 0.2) is 57.9 Å². The summed E-state index contributed by atoms with van der Waals surface area (Å²) < 4.78 is 24.2. The number of hydrogen-bond acceptors (Lipinski definition) is 4. The predicted octanol–water partition coefficient (Wildman–Crippen LogP) is 4.09. The van der Waals surface area contributed by atoms with E-state index in [2.05, 4.69) is 20.6 Å². The first-order valence-electron chi connectivity index (χ1n) is 8.93. The molecular weight excluding hydrogens is 359 g/mol. The molecule has 0 atom stereocenters. The van der Waals surface area contributed by atoms with E-state index < -0.39 is 0 Å². The Morgan fingerprint density at radius 2 is 1.61 bits per heavy atom. The van der Waals surface area contributed by atoms with E-state index in [4.69, 9.17) is 9.15 Å². The highest BCUT2D eigenvalue weighted by molar-refractivity contribution is 5.79. The van der Waals surface area contributed by atoms with E-state index >= 15 is 0 Å². The van der Waals surface area contributed by atoms with Crippen molar-refractivity contribution in [3.8, 4) is 11.5 Å². The molecule has 0 aliphatic heterocycles. The number of benzene rings is 2. The molecule has 0 unspecified atom stereocenters. The second-order valence-electron chi connectivity index (χ2n) is 6.23. The van der Waals surface area contributed by atoms with Crippen LogP contribution >= 0.6 is 0 Å². The van der Waals surface area contributed by atoms with Crippen LogP contribution in [0.3, 0.4) is 0 Å². The zero-order valence-corrected chi connectivity index (χ0v) is 16.1. The average Bonchev–Trinajstić information content (AvgIpc) is 3.02. The first-order chi connectivity index (χ1) is 13.5. The lowest BCUT2D eigenvalue weighted by atomic mass is 10.2. The highest BCUT2D eigenvalue weighted by Gasteiger charge is 2.06. The fourth-order valence-corrected chi connectivity index (χ4v) is 2.49. The summed E-state index contributed by atoms with van der Waals surface area (Å²) in [4.78, 5) is 8.53. The van der Waals surface area contributed by atoms with Crippen molar-refractivity contribution in [2.75, 3.05) is 7.05 Å². The molecule has 3 aromatic rings. The number of rotatable bonds is 6. The van der Waals surface area contributed by atoms with Gasteiger partial charge in [-0.15, -0.1) is 0 Å². The van der Waals surface area contributed by atoms with Crippen molar-refractivity contribution in [2.24, 2.45) is 4.99 Å². The summed E-state index contributed by atoms with van der Waals surface area (Å²) in [6.07, 6.45) is 0. The third kappa shape index (κ3) is 5.33. The van der Waals surface area contributed by atoms with E-state index in [1.807, 2.05) is 38.1 Å². The van der Waals surface area contributed by atoms with Crippen LogP contribution in [-0.2, 0) is 13.1 Å². The summed E-state index contributed by atoms with van der Waals surface area (Å²) in [5.41, 5.74) is 1.96. The molecule has 0 saturated carbocycles. The van der Waals surface area contributed by atoms with Gasteiger partial charge in [-0.05, 0) is 55.8 Å². The maximum atomic E-state index is 12.9. The number of halogens is 1. The Bertz CT molecular complexity index is 915. The Morgan fingerprint density at radius 1 is 1.00 bits per heavy atom. The maximum absolute atomic E-state index is 12.9. The second-order valence-corrected chi connectivity index (χ2v) is 6.23. The Balaban J connectivity index is 1.49. The van der Waals surface area contributed by atoms with Gasteiger partial charge >= 0.3 is 0 Å². The molecule has 7 heteroatoms. The van der Waals surface area contributed by atoms with Crippen molar-refractivity contribution in [2.45, 2.75) is 26.9 Å². The minimum absolute atomic E-state index is 0.288. The number of guanidine groups is 1. The molecule has 0 fully saturated rings. The lowest BCUT2D eigenvalue weighted by Crippen LogP contribution is -2.36. The molecule has 0 aliphatic rings. The van der Waals surface area contributed by atoms with E-state index in [9.17, 15) is 4.39 Å². The minimum Gasteiger partial charge on any atom is -0.457 e. The van der Waals surface area contributed by atoms with Gasteiger partial charge in [0.05, 0.1) is 12.2 Å². The van der Waals surface area contributed by atoms with Gasteiger partial charge in [0.25, 0.3) is 0 Å². The van der Waals surface area contributed by atoms with E-state index in [0.29, 0.717) is 36.4 Å². The molecule has 28 heavy (non-hydrogen) atoms. The van der Waals surface area contributed by atoms with Crippen LogP contribution in [0.5, 0.6) is 11.5 Å². The standard InChI is InChI=1S/C21H23FN4O2/c1-14-15(2)27-20(26-14)13-25-21(23-3)24-12-16-4-8-18(9-5-16)28-19-10-6-17(22)7-11-19/h4-11H,12-13H2,1-3H3,(H2,23,24,25). The smallest absolute Gasteiger partial charge is 0.214 e. The number of nitrogens with zero attached hydrogens (tertiary/aromatic N) is 2. The van der Waals surface area contributed by atoms with Crippen molar-refractivity contribution < 1.29 is 13.5 Å². The van der Waals surface area contributed by atoms with Gasteiger partial charge < -0.3 is 19.8 Å². The monoisotopic (exact) mass is 382 g/mol. The van der Waals surface area contributed by atoms with E-state index in [0.717, 1.165) is 17.0 Å². The first-order valence-corrected chi connectivity index (χ1v) is 8.93. The molecule has 0 bridgehead atoms. The lowest BCUT2D eigenvalue weighted by molar-refractivity contribution is 0.463. The fraction of sp³-hybridized carbons (Fsp3) is 0.238. The van der Waals surface area contributed by atoms with Crippen LogP contribution in [-0.4, -0.2) is 18.0 Å². The molecule has 3 rings (SSSR count). The summed E-state index contributed by atoms with van der Waals surface area (Å²) >= 11 is 0. The SMILES string of the molecule is CN=C(NCc1ccc(Oc2ccc(F)cc2)cc1)NCc1nc(C)c(C)o1. The molecule has 146 valence electrons. The molecule has 0 radical (unpaired) electrons. The van der Waals surface area contributed by atoms with Crippen LogP contribution in [0.25, 0.3) is 0 Å². The van der Waals surface area contributed by atoms with Crippen LogP contribution in [0.2, 0.25) is 0 Å². The zero-order valence-electron chi connectivity index (χ0n) is 16.1. The van der Waals surface area contributed by atoms with Gasteiger partial charge in [0, 0.05) is 13.6 Å². The van der Waals surface area contributed by atoms with Crippen LogP contribution in [0.1, 0.15) is 22.9 Å². The molecule has 0 amide bonds. The Morgan fingerprint density at radius 3 is 2.18 bits per heavy atom. The summed E-state index contributed by atoms with van der Waals surface area (Å²) in [5.74, 6) is 3.09. The Hall–Kier alpha value is -3.35. The number of nitrogens with one attached hydrogen (secondary N) is 2. The highest BCUT2D eigenvalue weighted by atomic mass is 19.1. The van der Waals surface area contributed by atoms with Crippen LogP contribution in [0, 0.1) is 19.7 Å². The molecule has 0 spiro atoms. The largest absolute Gasteiger partial charge is 0.457 e. The molecular formula is C21H23FN4O2. The highest BCUT2D eigenvalue weighted by Crippen LogP contribution is 2.21. The van der Waals surface area contributed by atoms with Gasteiger partial charge in [-0.2, -0.15) is 0 Å². The Kier molecular flexibility index (Phi) is 6.26. The topological polar surface area (TPSA) is 71.7 Å². The zero-order chi connectivity index (χ0) is 19.9. The number of hydrogen-bond donors (Lipinski definition) is 2. The Labute approximate surface area is 163 Å². The molecule has 6 nitrogen and oxygen atoms in total. The summed E-state index contributed by atoms with van der Waals surface area (Å²) in [6.45, 7) is 4.86. The van der Waals surface area contributed by atoms with Crippen LogP contribution in [0.4, 0.5) is 4.39 Å². The van der Waals surface area contributed by atoms with Gasteiger partial charge in [-0.25, -0.2) is 9.37 Å². The number of aromatic nitrogens is 1. The summed E-state index contributed by atoms with van der Waals surface area (Å²) in [5, 5.41) is 6.41. The van der Waals surface area contributed by atoms with Crippen molar-refractivity contribution in [1.82, 2.24) is 15.6 Å². The summed E-state index contributed by atoms with van der Waals surface area (Å²) in [6, 6.07) is 13.6. The van der Waals surface area contributed by atoms with Crippen molar-refractivity contribution in [3.05, 3.63) is 77.3 Å².